The Morgan fingerprint density at radius 3 is 2.75 bits per heavy atom. The molecule has 6 nitrogen and oxygen atoms in total. The van der Waals surface area contributed by atoms with Crippen molar-refractivity contribution in [1.29, 1.82) is 0 Å². The van der Waals surface area contributed by atoms with Gasteiger partial charge in [0, 0.05) is 16.6 Å². The predicted octanol–water partition coefficient (Wildman–Crippen LogP) is 2.57. The fourth-order valence-electron chi connectivity index (χ4n) is 2.46. The molecule has 0 radical (unpaired) electrons. The van der Waals surface area contributed by atoms with Gasteiger partial charge in [-0.3, -0.25) is 4.79 Å². The van der Waals surface area contributed by atoms with Crippen LogP contribution in [0, 0.1) is 6.92 Å². The quantitative estimate of drug-likeness (QED) is 0.759. The Morgan fingerprint density at radius 1 is 1.21 bits per heavy atom. The van der Waals surface area contributed by atoms with Crippen molar-refractivity contribution < 1.29 is 17.6 Å². The van der Waals surface area contributed by atoms with Gasteiger partial charge in [0.1, 0.15) is 5.58 Å². The van der Waals surface area contributed by atoms with Gasteiger partial charge in [-0.25, -0.2) is 13.6 Å². The van der Waals surface area contributed by atoms with Crippen LogP contribution in [0.25, 0.3) is 11.0 Å². The number of carbonyl (C=O) groups excluding carboxylic acids is 1. The first-order chi connectivity index (χ1) is 11.3. The minimum Gasteiger partial charge on any atom is -0.464 e. The van der Waals surface area contributed by atoms with E-state index in [2.05, 4.69) is 5.32 Å². The third kappa shape index (κ3) is 3.47. The average Bonchev–Trinajstić information content (AvgIpc) is 2.88. The van der Waals surface area contributed by atoms with E-state index in [1.807, 2.05) is 25.1 Å². The zero-order chi connectivity index (χ0) is 17.3. The summed E-state index contributed by atoms with van der Waals surface area (Å²) in [6.07, 6.45) is 1.68. The van der Waals surface area contributed by atoms with E-state index in [0.717, 1.165) is 22.1 Å². The molecular weight excluding hydrogens is 328 g/mol. The lowest BCUT2D eigenvalue weighted by atomic mass is 10.1. The van der Waals surface area contributed by atoms with E-state index in [1.54, 1.807) is 12.3 Å². The first-order valence-electron chi connectivity index (χ1n) is 7.22. The van der Waals surface area contributed by atoms with Gasteiger partial charge in [0.2, 0.25) is 15.9 Å². The molecule has 0 aliphatic rings. The molecule has 1 amide bonds. The summed E-state index contributed by atoms with van der Waals surface area (Å²) in [5.41, 5.74) is 2.95. The minimum atomic E-state index is -3.81. The Bertz CT molecular complexity index is 1020. The molecule has 7 heteroatoms. The number of fused-ring (bicyclic) bond motifs is 1. The summed E-state index contributed by atoms with van der Waals surface area (Å²) in [4.78, 5) is 12.2. The van der Waals surface area contributed by atoms with Crippen LogP contribution in [0.4, 0.5) is 5.69 Å². The predicted molar refractivity (Wildman–Crippen MR) is 91.1 cm³/mol. The molecule has 0 fully saturated rings. The fourth-order valence-corrected chi connectivity index (χ4v) is 3.02. The lowest BCUT2D eigenvalue weighted by molar-refractivity contribution is -0.115. The summed E-state index contributed by atoms with van der Waals surface area (Å²) in [5.74, 6) is -0.273. The maximum atomic E-state index is 12.2. The smallest absolute Gasteiger partial charge is 0.238 e. The van der Waals surface area contributed by atoms with Gasteiger partial charge in [-0.2, -0.15) is 0 Å². The van der Waals surface area contributed by atoms with Crippen LogP contribution in [0.15, 0.2) is 58.0 Å². The highest BCUT2D eigenvalue weighted by molar-refractivity contribution is 7.89. The highest BCUT2D eigenvalue weighted by atomic mass is 32.2. The number of sulfonamides is 1. The molecule has 0 saturated carbocycles. The Balaban J connectivity index is 1.78. The van der Waals surface area contributed by atoms with Gasteiger partial charge in [-0.05, 0) is 36.8 Å². The first-order valence-corrected chi connectivity index (χ1v) is 8.77. The topological polar surface area (TPSA) is 102 Å². The van der Waals surface area contributed by atoms with Crippen molar-refractivity contribution in [2.75, 3.05) is 5.32 Å². The Hall–Kier alpha value is -2.64. The zero-order valence-corrected chi connectivity index (χ0v) is 13.8. The second-order valence-corrected chi connectivity index (χ2v) is 7.12. The van der Waals surface area contributed by atoms with E-state index >= 15 is 0 Å². The maximum absolute atomic E-state index is 12.2. The monoisotopic (exact) mass is 344 g/mol. The molecule has 0 unspecified atom stereocenters. The van der Waals surface area contributed by atoms with Crippen LogP contribution < -0.4 is 10.5 Å². The zero-order valence-electron chi connectivity index (χ0n) is 12.9. The third-order valence-corrected chi connectivity index (χ3v) is 4.52. The molecule has 0 aliphatic heterocycles. The molecule has 3 aromatic rings. The molecule has 0 bridgehead atoms. The highest BCUT2D eigenvalue weighted by Gasteiger charge is 2.12. The number of anilines is 1. The van der Waals surface area contributed by atoms with Crippen molar-refractivity contribution in [3.05, 3.63) is 59.9 Å². The van der Waals surface area contributed by atoms with Gasteiger partial charge < -0.3 is 9.73 Å². The summed E-state index contributed by atoms with van der Waals surface area (Å²) < 4.78 is 28.2. The molecule has 3 N–H and O–H groups in total. The molecule has 0 spiro atoms. The first kappa shape index (κ1) is 16.2. The summed E-state index contributed by atoms with van der Waals surface area (Å²) in [5, 5.41) is 8.64. The molecule has 1 heterocycles. The van der Waals surface area contributed by atoms with Gasteiger partial charge in [0.25, 0.3) is 0 Å². The van der Waals surface area contributed by atoms with Crippen molar-refractivity contribution in [2.24, 2.45) is 5.14 Å². The molecule has 24 heavy (non-hydrogen) atoms. The number of carbonyl (C=O) groups is 1. The number of aryl methyl sites for hydroxylation is 1. The van der Waals surface area contributed by atoms with Gasteiger partial charge in [-0.1, -0.05) is 18.2 Å². The van der Waals surface area contributed by atoms with Crippen molar-refractivity contribution in [3.8, 4) is 0 Å². The fraction of sp³-hybridized carbons (Fsp3) is 0.118. The summed E-state index contributed by atoms with van der Waals surface area (Å²) in [6.45, 7) is 1.97. The van der Waals surface area contributed by atoms with E-state index in [1.165, 1.54) is 18.2 Å². The van der Waals surface area contributed by atoms with Crippen LogP contribution in [0.1, 0.15) is 11.1 Å². The van der Waals surface area contributed by atoms with Gasteiger partial charge in [-0.15, -0.1) is 0 Å². The van der Waals surface area contributed by atoms with Crippen LogP contribution in [-0.2, 0) is 21.2 Å². The van der Waals surface area contributed by atoms with E-state index in [4.69, 9.17) is 9.56 Å². The summed E-state index contributed by atoms with van der Waals surface area (Å²) in [6, 6.07) is 11.6. The number of primary sulfonamides is 1. The van der Waals surface area contributed by atoms with Crippen LogP contribution in [0.5, 0.6) is 0 Å². The van der Waals surface area contributed by atoms with E-state index < -0.39 is 10.0 Å². The second-order valence-electron chi connectivity index (χ2n) is 5.56. The Labute approximate surface area is 139 Å². The maximum Gasteiger partial charge on any atom is 0.238 e. The van der Waals surface area contributed by atoms with Crippen molar-refractivity contribution in [3.63, 3.8) is 0 Å². The Morgan fingerprint density at radius 2 is 2.00 bits per heavy atom. The number of hydrogen-bond acceptors (Lipinski definition) is 4. The number of hydrogen-bond donors (Lipinski definition) is 2. The number of amides is 1. The number of nitrogens with one attached hydrogen (secondary N) is 1. The molecule has 1 aromatic heterocycles. The van der Waals surface area contributed by atoms with Crippen molar-refractivity contribution >= 4 is 32.6 Å². The molecule has 0 atom stereocenters. The summed E-state index contributed by atoms with van der Waals surface area (Å²) in [7, 11) is -3.81. The molecular formula is C17H16N2O4S. The summed E-state index contributed by atoms with van der Waals surface area (Å²) >= 11 is 0. The SMILES string of the molecule is Cc1ccc2c(CC(=O)Nc3cccc(S(N)(=O)=O)c3)coc2c1. The molecule has 0 aliphatic carbocycles. The number of benzene rings is 2. The second kappa shape index (κ2) is 6.10. The molecule has 2 aromatic carbocycles. The van der Waals surface area contributed by atoms with Crippen LogP contribution in [0.3, 0.4) is 0 Å². The van der Waals surface area contributed by atoms with E-state index in [-0.39, 0.29) is 17.2 Å². The minimum absolute atomic E-state index is 0.0514. The highest BCUT2D eigenvalue weighted by Crippen LogP contribution is 2.23. The largest absolute Gasteiger partial charge is 0.464 e. The number of furan rings is 1. The Kier molecular flexibility index (Phi) is 4.13. The molecule has 0 saturated heterocycles. The van der Waals surface area contributed by atoms with Gasteiger partial charge in [0.05, 0.1) is 17.6 Å². The van der Waals surface area contributed by atoms with Crippen molar-refractivity contribution in [1.82, 2.24) is 0 Å². The lowest BCUT2D eigenvalue weighted by Gasteiger charge is -2.06. The van der Waals surface area contributed by atoms with Crippen LogP contribution in [-0.4, -0.2) is 14.3 Å². The van der Waals surface area contributed by atoms with Gasteiger partial charge >= 0.3 is 0 Å². The van der Waals surface area contributed by atoms with Gasteiger partial charge in [0.15, 0.2) is 0 Å². The van der Waals surface area contributed by atoms with E-state index in [0.29, 0.717) is 5.69 Å². The molecule has 124 valence electrons. The third-order valence-electron chi connectivity index (χ3n) is 3.61. The van der Waals surface area contributed by atoms with Crippen LogP contribution >= 0.6 is 0 Å². The number of rotatable bonds is 4. The molecule has 3 rings (SSSR count). The van der Waals surface area contributed by atoms with Crippen LogP contribution in [0.2, 0.25) is 0 Å². The number of nitrogens with two attached hydrogens (primary N) is 1. The lowest BCUT2D eigenvalue weighted by Crippen LogP contribution is -2.16. The van der Waals surface area contributed by atoms with E-state index in [9.17, 15) is 13.2 Å². The standard InChI is InChI=1S/C17H16N2O4S/c1-11-5-6-15-12(10-23-16(15)7-11)8-17(20)19-13-3-2-4-14(9-13)24(18,21)22/h2-7,9-10H,8H2,1H3,(H,19,20)(H2,18,21,22). The average molecular weight is 344 g/mol. The van der Waals surface area contributed by atoms with Crippen molar-refractivity contribution in [2.45, 2.75) is 18.2 Å². The normalized spacial score (nSPS) is 11.6.